The first kappa shape index (κ1) is 9.64. The summed E-state index contributed by atoms with van der Waals surface area (Å²) in [6.07, 6.45) is 0.806. The lowest BCUT2D eigenvalue weighted by molar-refractivity contribution is 0.101. The maximum absolute atomic E-state index is 13.1. The Labute approximate surface area is 76.2 Å². The molecule has 0 aromatic heterocycles. The topological polar surface area (TPSA) is 34.1 Å². The van der Waals surface area contributed by atoms with Crippen LogP contribution < -0.4 is 0 Å². The van der Waals surface area contributed by atoms with Crippen LogP contribution >= 0.6 is 0 Å². The smallest absolute Gasteiger partial charge is 0.158 e. The third-order valence-electron chi connectivity index (χ3n) is 1.75. The lowest BCUT2D eigenvalue weighted by atomic mass is 9.95. The van der Waals surface area contributed by atoms with Gasteiger partial charge in [-0.1, -0.05) is 6.07 Å². The van der Waals surface area contributed by atoms with E-state index in [1.54, 1.807) is 7.85 Å². The van der Waals surface area contributed by atoms with Gasteiger partial charge in [-0.2, -0.15) is 0 Å². The second kappa shape index (κ2) is 3.98. The summed E-state index contributed by atoms with van der Waals surface area (Å²) in [5.74, 6) is -0.883. The predicted molar refractivity (Wildman–Crippen MR) is 49.5 cm³/mol. The lowest BCUT2D eigenvalue weighted by Crippen LogP contribution is -2.01. The maximum Gasteiger partial charge on any atom is 0.158 e. The van der Waals surface area contributed by atoms with Crippen molar-refractivity contribution < 1.29 is 14.0 Å². The highest BCUT2D eigenvalue weighted by Gasteiger charge is 2.09. The van der Waals surface area contributed by atoms with E-state index in [1.165, 1.54) is 12.1 Å². The van der Waals surface area contributed by atoms with Crippen molar-refractivity contribution in [3.05, 3.63) is 35.1 Å². The normalized spacial score (nSPS) is 9.62. The molecule has 0 N–H and O–H groups in total. The van der Waals surface area contributed by atoms with Gasteiger partial charge < -0.3 is 0 Å². The van der Waals surface area contributed by atoms with Crippen molar-refractivity contribution in [1.29, 1.82) is 0 Å². The van der Waals surface area contributed by atoms with E-state index in [9.17, 15) is 14.0 Å². The molecule has 0 amide bonds. The van der Waals surface area contributed by atoms with Crippen LogP contribution in [-0.2, 0) is 0 Å². The Bertz CT molecular complexity index is 349. The second-order valence-corrected chi connectivity index (χ2v) is 2.63. The molecule has 0 unspecified atom stereocenters. The van der Waals surface area contributed by atoms with Gasteiger partial charge in [0.2, 0.25) is 0 Å². The number of hydrogen-bond donors (Lipinski definition) is 0. The van der Waals surface area contributed by atoms with Crippen molar-refractivity contribution in [2.24, 2.45) is 0 Å². The van der Waals surface area contributed by atoms with Crippen molar-refractivity contribution in [2.75, 3.05) is 0 Å². The summed E-state index contributed by atoms with van der Waals surface area (Å²) >= 11 is 0. The molecular weight excluding hydrogens is 170 g/mol. The van der Waals surface area contributed by atoms with Crippen molar-refractivity contribution >= 4 is 19.9 Å². The molecule has 13 heavy (non-hydrogen) atoms. The van der Waals surface area contributed by atoms with E-state index in [0.717, 1.165) is 6.07 Å². The second-order valence-electron chi connectivity index (χ2n) is 2.63. The van der Waals surface area contributed by atoms with Crippen molar-refractivity contribution in [2.45, 2.75) is 6.32 Å². The van der Waals surface area contributed by atoms with Crippen LogP contribution in [0.3, 0.4) is 0 Å². The number of halogens is 1. The molecule has 0 fully saturated rings. The summed E-state index contributed by atoms with van der Waals surface area (Å²) in [7, 11) is 1.66. The van der Waals surface area contributed by atoms with E-state index in [-0.39, 0.29) is 23.2 Å². The number of rotatable bonds is 3. The summed E-state index contributed by atoms with van der Waals surface area (Å²) < 4.78 is 13.1. The molecule has 0 spiro atoms. The van der Waals surface area contributed by atoms with Crippen LogP contribution in [0.1, 0.15) is 20.7 Å². The minimum absolute atomic E-state index is 0.0492. The number of hydrogen-bond acceptors (Lipinski definition) is 2. The summed E-state index contributed by atoms with van der Waals surface area (Å²) in [6, 6.07) is 3.83. The molecule has 0 saturated carbocycles. The molecule has 4 heteroatoms. The maximum atomic E-state index is 13.1. The Morgan fingerprint density at radius 3 is 2.69 bits per heavy atom. The molecule has 0 aliphatic heterocycles. The van der Waals surface area contributed by atoms with E-state index in [0.29, 0.717) is 6.29 Å². The SMILES string of the molecule is BCC(=O)c1ccc(C=O)cc1F. The van der Waals surface area contributed by atoms with E-state index in [2.05, 4.69) is 0 Å². The van der Waals surface area contributed by atoms with Crippen LogP contribution in [0, 0.1) is 5.82 Å². The van der Waals surface area contributed by atoms with E-state index >= 15 is 0 Å². The monoisotopic (exact) mass is 178 g/mol. The Balaban J connectivity index is 3.12. The van der Waals surface area contributed by atoms with Crippen LogP contribution in [0.4, 0.5) is 4.39 Å². The predicted octanol–water partition coefficient (Wildman–Crippen LogP) is 0.872. The number of Topliss-reactive ketones (excluding diaryl/α,β-unsaturated/α-hetero) is 1. The van der Waals surface area contributed by atoms with Crippen molar-refractivity contribution in [3.8, 4) is 0 Å². The quantitative estimate of drug-likeness (QED) is 0.391. The van der Waals surface area contributed by atoms with Gasteiger partial charge in [-0.05, 0) is 18.5 Å². The largest absolute Gasteiger partial charge is 0.298 e. The Morgan fingerprint density at radius 2 is 2.23 bits per heavy atom. The van der Waals surface area contributed by atoms with Gasteiger partial charge >= 0.3 is 0 Å². The lowest BCUT2D eigenvalue weighted by Gasteiger charge is -1.99. The number of aldehydes is 1. The highest BCUT2D eigenvalue weighted by molar-refractivity contribution is 6.24. The minimum atomic E-state index is -0.628. The van der Waals surface area contributed by atoms with Crippen molar-refractivity contribution in [3.63, 3.8) is 0 Å². The fourth-order valence-corrected chi connectivity index (χ4v) is 1.02. The van der Waals surface area contributed by atoms with Crippen LogP contribution in [0.15, 0.2) is 18.2 Å². The molecule has 66 valence electrons. The molecule has 0 saturated heterocycles. The first-order valence-corrected chi connectivity index (χ1v) is 3.97. The zero-order chi connectivity index (χ0) is 9.84. The van der Waals surface area contributed by atoms with E-state index < -0.39 is 5.82 Å². The molecular formula is C9H8BFO2. The van der Waals surface area contributed by atoms with Gasteiger partial charge in [0.05, 0.1) is 5.56 Å². The number of carbonyl (C=O) groups is 2. The molecule has 0 aliphatic rings. The fraction of sp³-hybridized carbons (Fsp3) is 0.111. The summed E-state index contributed by atoms with van der Waals surface area (Å²) in [6.45, 7) is 0. The third kappa shape index (κ3) is 2.02. The summed E-state index contributed by atoms with van der Waals surface area (Å²) in [5, 5.41) is 0. The highest BCUT2D eigenvalue weighted by atomic mass is 19.1. The van der Waals surface area contributed by atoms with Crippen LogP contribution in [0.25, 0.3) is 0 Å². The summed E-state index contributed by atoms with van der Waals surface area (Å²) in [4.78, 5) is 21.4. The zero-order valence-electron chi connectivity index (χ0n) is 7.21. The third-order valence-corrected chi connectivity index (χ3v) is 1.75. The van der Waals surface area contributed by atoms with Gasteiger partial charge in [-0.15, -0.1) is 0 Å². The average molecular weight is 178 g/mol. The van der Waals surface area contributed by atoms with Gasteiger partial charge in [0.15, 0.2) is 5.78 Å². The molecule has 1 aromatic rings. The Morgan fingerprint density at radius 1 is 1.54 bits per heavy atom. The molecule has 0 atom stereocenters. The average Bonchev–Trinajstić information content (AvgIpc) is 2.16. The molecule has 0 bridgehead atoms. The molecule has 1 rings (SSSR count). The number of benzene rings is 1. The molecule has 0 radical (unpaired) electrons. The Hall–Kier alpha value is -1.45. The minimum Gasteiger partial charge on any atom is -0.298 e. The fourth-order valence-electron chi connectivity index (χ4n) is 1.02. The zero-order valence-corrected chi connectivity index (χ0v) is 7.21. The van der Waals surface area contributed by atoms with Gasteiger partial charge in [-0.3, -0.25) is 9.59 Å². The summed E-state index contributed by atoms with van der Waals surface area (Å²) in [5.41, 5.74) is 0.290. The first-order valence-electron chi connectivity index (χ1n) is 3.97. The number of carbonyl (C=O) groups excluding carboxylic acids is 2. The van der Waals surface area contributed by atoms with Crippen molar-refractivity contribution in [1.82, 2.24) is 0 Å². The van der Waals surface area contributed by atoms with E-state index in [1.807, 2.05) is 0 Å². The highest BCUT2D eigenvalue weighted by Crippen LogP contribution is 2.11. The van der Waals surface area contributed by atoms with Gasteiger partial charge in [0, 0.05) is 5.56 Å². The Kier molecular flexibility index (Phi) is 2.95. The first-order chi connectivity index (χ1) is 6.19. The van der Waals surface area contributed by atoms with Gasteiger partial charge in [-0.25, -0.2) is 4.39 Å². The molecule has 1 aromatic carbocycles. The number of ketones is 1. The molecule has 0 aliphatic carbocycles. The van der Waals surface area contributed by atoms with Gasteiger partial charge in [0.25, 0.3) is 0 Å². The molecule has 2 nitrogen and oxygen atoms in total. The van der Waals surface area contributed by atoms with E-state index in [4.69, 9.17) is 0 Å². The standard InChI is InChI=1S/C9H8BFO2/c10-4-9(13)7-2-1-6(5-12)3-8(7)11/h1-3,5H,4,10H2. The van der Waals surface area contributed by atoms with Crippen LogP contribution in [0.5, 0.6) is 0 Å². The van der Waals surface area contributed by atoms with Crippen LogP contribution in [0.2, 0.25) is 6.32 Å². The van der Waals surface area contributed by atoms with Crippen LogP contribution in [-0.4, -0.2) is 19.9 Å². The van der Waals surface area contributed by atoms with Gasteiger partial charge in [0.1, 0.15) is 19.9 Å². The molecule has 0 heterocycles.